The molecule has 0 spiro atoms. The van der Waals surface area contributed by atoms with E-state index < -0.39 is 0 Å². The molecular formula is C23H33O. The van der Waals surface area contributed by atoms with E-state index in [1.807, 2.05) is 0 Å². The molecule has 0 aromatic carbocycles. The fourth-order valence-electron chi connectivity index (χ4n) is 5.35. The fourth-order valence-corrected chi connectivity index (χ4v) is 5.35. The molecule has 24 heavy (non-hydrogen) atoms. The molecule has 131 valence electrons. The number of Topliss-reactive ketones (excluding diaryl/α,β-unsaturated/α-hetero) is 1. The molecule has 1 radical (unpaired) electrons. The third-order valence-corrected chi connectivity index (χ3v) is 7.31. The molecular weight excluding hydrogens is 292 g/mol. The van der Waals surface area contributed by atoms with Crippen LogP contribution < -0.4 is 0 Å². The molecule has 0 aromatic heterocycles. The summed E-state index contributed by atoms with van der Waals surface area (Å²) < 4.78 is 0. The van der Waals surface area contributed by atoms with Crippen molar-refractivity contribution in [2.24, 2.45) is 22.7 Å². The van der Waals surface area contributed by atoms with Crippen molar-refractivity contribution in [1.29, 1.82) is 0 Å². The van der Waals surface area contributed by atoms with E-state index in [-0.39, 0.29) is 10.8 Å². The van der Waals surface area contributed by atoms with Crippen molar-refractivity contribution in [3.63, 3.8) is 0 Å². The lowest BCUT2D eigenvalue weighted by Gasteiger charge is -2.39. The predicted octanol–water partition coefficient (Wildman–Crippen LogP) is 6.23. The highest BCUT2D eigenvalue weighted by atomic mass is 16.1. The van der Waals surface area contributed by atoms with Gasteiger partial charge in [-0.1, -0.05) is 56.7 Å². The van der Waals surface area contributed by atoms with E-state index in [2.05, 4.69) is 57.6 Å². The molecule has 0 heterocycles. The third-order valence-electron chi connectivity index (χ3n) is 7.31. The maximum absolute atomic E-state index is 12.2. The van der Waals surface area contributed by atoms with Crippen LogP contribution in [0.25, 0.3) is 0 Å². The Morgan fingerprint density at radius 1 is 1.25 bits per heavy atom. The zero-order valence-corrected chi connectivity index (χ0v) is 15.7. The van der Waals surface area contributed by atoms with Gasteiger partial charge in [0.25, 0.3) is 0 Å². The Bertz CT molecular complexity index is 561. The minimum atomic E-state index is 0.255. The van der Waals surface area contributed by atoms with Crippen LogP contribution in [-0.4, -0.2) is 5.78 Å². The first-order valence-electron chi connectivity index (χ1n) is 9.98. The lowest BCUT2D eigenvalue weighted by atomic mass is 9.64. The normalized spacial score (nSPS) is 33.3. The minimum Gasteiger partial charge on any atom is -0.299 e. The van der Waals surface area contributed by atoms with Crippen LogP contribution in [0.3, 0.4) is 0 Å². The molecule has 0 aliphatic heterocycles. The molecule has 1 heteroatoms. The summed E-state index contributed by atoms with van der Waals surface area (Å²) >= 11 is 0. The largest absolute Gasteiger partial charge is 0.299 e. The Hall–Kier alpha value is -1.11. The highest BCUT2D eigenvalue weighted by Gasteiger charge is 2.50. The third kappa shape index (κ3) is 3.19. The molecule has 3 unspecified atom stereocenters. The number of ketones is 1. The van der Waals surface area contributed by atoms with E-state index in [9.17, 15) is 4.79 Å². The first kappa shape index (κ1) is 17.7. The van der Waals surface area contributed by atoms with Crippen LogP contribution in [0.2, 0.25) is 0 Å². The number of allylic oxidation sites excluding steroid dienone is 6. The number of hydrogen-bond donors (Lipinski definition) is 0. The average Bonchev–Trinajstić information content (AvgIpc) is 3.36. The molecule has 0 N–H and O–H groups in total. The van der Waals surface area contributed by atoms with Crippen molar-refractivity contribution in [3.8, 4) is 0 Å². The van der Waals surface area contributed by atoms with Gasteiger partial charge in [0, 0.05) is 24.2 Å². The molecule has 3 atom stereocenters. The zero-order valence-electron chi connectivity index (χ0n) is 15.7. The minimum absolute atomic E-state index is 0.255. The highest BCUT2D eigenvalue weighted by Crippen LogP contribution is 2.55. The van der Waals surface area contributed by atoms with Crippen LogP contribution in [0, 0.1) is 29.1 Å². The number of hydrogen-bond acceptors (Lipinski definition) is 1. The molecule has 3 aliphatic rings. The Kier molecular flexibility index (Phi) is 5.18. The summed E-state index contributed by atoms with van der Waals surface area (Å²) in [6, 6.07) is 0. The standard InChI is InChI=1S/C23H33O/c1-4-23(5-2,19-12-13-19)17-8-6-7-10-18-14-15-20-21(24)11-9-16-22(18,20)3/h6-8,12-13,17-18,20H,4-5,9-11,14-16H2,1-3H3/b7-6+,17-8+. The summed E-state index contributed by atoms with van der Waals surface area (Å²) in [5.41, 5.74) is 2.03. The molecule has 0 saturated heterocycles. The van der Waals surface area contributed by atoms with Crippen LogP contribution in [0.15, 0.2) is 36.0 Å². The van der Waals surface area contributed by atoms with Crippen LogP contribution in [0.1, 0.15) is 72.1 Å². The smallest absolute Gasteiger partial charge is 0.136 e. The molecule has 3 aliphatic carbocycles. The predicted molar refractivity (Wildman–Crippen MR) is 101 cm³/mol. The zero-order chi connectivity index (χ0) is 17.2. The van der Waals surface area contributed by atoms with Crippen molar-refractivity contribution >= 4 is 5.78 Å². The molecule has 0 amide bonds. The Morgan fingerprint density at radius 3 is 2.67 bits per heavy atom. The van der Waals surface area contributed by atoms with Crippen LogP contribution in [0.5, 0.6) is 0 Å². The van der Waals surface area contributed by atoms with Gasteiger partial charge in [-0.05, 0) is 56.3 Å². The summed E-state index contributed by atoms with van der Waals surface area (Å²) in [7, 11) is 0. The van der Waals surface area contributed by atoms with Gasteiger partial charge in [0.15, 0.2) is 0 Å². The van der Waals surface area contributed by atoms with Crippen molar-refractivity contribution in [2.75, 3.05) is 0 Å². The number of rotatable bonds is 7. The Labute approximate surface area is 148 Å². The SMILES string of the molecule is CCC(/C=C/C=C/CC1CCC2C(=O)CCCC12C)(CC)C1=C[CH]1. The quantitative estimate of drug-likeness (QED) is 0.507. The molecule has 2 fully saturated rings. The van der Waals surface area contributed by atoms with Crippen LogP contribution >= 0.6 is 0 Å². The second-order valence-electron chi connectivity index (χ2n) is 8.33. The van der Waals surface area contributed by atoms with Gasteiger partial charge >= 0.3 is 0 Å². The molecule has 1 nitrogen and oxygen atoms in total. The summed E-state index contributed by atoms with van der Waals surface area (Å²) in [5, 5.41) is 0. The first-order chi connectivity index (χ1) is 11.6. The second kappa shape index (κ2) is 7.02. The van der Waals surface area contributed by atoms with Crippen LogP contribution in [0.4, 0.5) is 0 Å². The van der Waals surface area contributed by atoms with Gasteiger partial charge in [-0.3, -0.25) is 4.79 Å². The maximum Gasteiger partial charge on any atom is 0.136 e. The summed E-state index contributed by atoms with van der Waals surface area (Å²) in [5.74, 6) is 1.59. The van der Waals surface area contributed by atoms with Crippen molar-refractivity contribution in [2.45, 2.75) is 72.1 Å². The van der Waals surface area contributed by atoms with E-state index in [1.54, 1.807) is 0 Å². The highest BCUT2D eigenvalue weighted by molar-refractivity contribution is 5.83. The lowest BCUT2D eigenvalue weighted by Crippen LogP contribution is -2.37. The van der Waals surface area contributed by atoms with Crippen molar-refractivity contribution < 1.29 is 4.79 Å². The van der Waals surface area contributed by atoms with Gasteiger partial charge in [-0.15, -0.1) is 0 Å². The van der Waals surface area contributed by atoms with Gasteiger partial charge < -0.3 is 0 Å². The Morgan fingerprint density at radius 2 is 2.00 bits per heavy atom. The van der Waals surface area contributed by atoms with Gasteiger partial charge in [0.1, 0.15) is 5.78 Å². The van der Waals surface area contributed by atoms with Crippen LogP contribution in [-0.2, 0) is 4.79 Å². The van der Waals surface area contributed by atoms with Gasteiger partial charge in [0.2, 0.25) is 0 Å². The fraction of sp³-hybridized carbons (Fsp3) is 0.652. The molecule has 3 rings (SSSR count). The average molecular weight is 326 g/mol. The Balaban J connectivity index is 1.58. The molecule has 0 aromatic rings. The van der Waals surface area contributed by atoms with Gasteiger partial charge in [-0.25, -0.2) is 0 Å². The maximum atomic E-state index is 12.2. The lowest BCUT2D eigenvalue weighted by molar-refractivity contribution is -0.129. The summed E-state index contributed by atoms with van der Waals surface area (Å²) in [4.78, 5) is 12.2. The first-order valence-corrected chi connectivity index (χ1v) is 9.98. The molecule has 0 bridgehead atoms. The van der Waals surface area contributed by atoms with Crippen molar-refractivity contribution in [3.05, 3.63) is 42.4 Å². The van der Waals surface area contributed by atoms with E-state index in [4.69, 9.17) is 0 Å². The topological polar surface area (TPSA) is 17.1 Å². The van der Waals surface area contributed by atoms with E-state index in [1.165, 1.54) is 31.3 Å². The summed E-state index contributed by atoms with van der Waals surface area (Å²) in [6.07, 6.45) is 22.7. The number of carbonyl (C=O) groups is 1. The summed E-state index contributed by atoms with van der Waals surface area (Å²) in [6.45, 7) is 6.94. The van der Waals surface area contributed by atoms with Gasteiger partial charge in [-0.2, -0.15) is 0 Å². The van der Waals surface area contributed by atoms with Gasteiger partial charge in [0.05, 0.1) is 0 Å². The van der Waals surface area contributed by atoms with E-state index in [0.29, 0.717) is 17.6 Å². The van der Waals surface area contributed by atoms with Crippen molar-refractivity contribution in [1.82, 2.24) is 0 Å². The van der Waals surface area contributed by atoms with E-state index in [0.717, 1.165) is 25.7 Å². The second-order valence-corrected chi connectivity index (χ2v) is 8.33. The number of fused-ring (bicyclic) bond motifs is 1. The van der Waals surface area contributed by atoms with E-state index >= 15 is 0 Å². The molecule has 2 saturated carbocycles. The monoisotopic (exact) mass is 325 g/mol. The number of carbonyl (C=O) groups excluding carboxylic acids is 1.